The van der Waals surface area contributed by atoms with E-state index < -0.39 is 15.8 Å². The lowest BCUT2D eigenvalue weighted by Gasteiger charge is -2.07. The number of sulfonamides is 1. The van der Waals surface area contributed by atoms with E-state index in [0.717, 1.165) is 6.20 Å². The Balaban J connectivity index is 3.01. The van der Waals surface area contributed by atoms with Crippen molar-refractivity contribution < 1.29 is 17.2 Å². The molecule has 0 aromatic carbocycles. The molecule has 3 N–H and O–H groups in total. The van der Waals surface area contributed by atoms with Gasteiger partial charge in [-0.3, -0.25) is 4.72 Å². The van der Waals surface area contributed by atoms with Crippen molar-refractivity contribution in [3.63, 3.8) is 0 Å². The first-order valence-electron chi connectivity index (χ1n) is 3.54. The zero-order chi connectivity index (χ0) is 11.6. The summed E-state index contributed by atoms with van der Waals surface area (Å²) in [4.78, 5) is 3.55. The van der Waals surface area contributed by atoms with Gasteiger partial charge >= 0.3 is 5.76 Å². The van der Waals surface area contributed by atoms with Crippen molar-refractivity contribution in [3.05, 3.63) is 16.7 Å². The molecule has 0 aliphatic rings. The van der Waals surface area contributed by atoms with E-state index in [1.165, 1.54) is 6.07 Å². The number of nitrogens with two attached hydrogens (primary N) is 1. The van der Waals surface area contributed by atoms with Crippen LogP contribution in [0.3, 0.4) is 0 Å². The lowest BCUT2D eigenvalue weighted by molar-refractivity contribution is 0.236. The summed E-state index contributed by atoms with van der Waals surface area (Å²) in [6.45, 7) is 0. The molecule has 84 valence electrons. The third-order valence-corrected chi connectivity index (χ3v) is 2.89. The summed E-state index contributed by atoms with van der Waals surface area (Å²) < 4.78 is 47.4. The predicted molar refractivity (Wildman–Crippen MR) is 54.9 cm³/mol. The highest BCUT2D eigenvalue weighted by Crippen LogP contribution is 2.23. The van der Waals surface area contributed by atoms with Gasteiger partial charge in [-0.2, -0.15) is 8.78 Å². The van der Waals surface area contributed by atoms with Crippen molar-refractivity contribution in [1.29, 1.82) is 0 Å². The topological polar surface area (TPSA) is 85.1 Å². The van der Waals surface area contributed by atoms with Gasteiger partial charge in [-0.05, 0) is 22.0 Å². The molecule has 0 atom stereocenters. The van der Waals surface area contributed by atoms with Crippen LogP contribution in [-0.4, -0.2) is 19.2 Å². The predicted octanol–water partition coefficient (Wildman–Crippen LogP) is 1.39. The molecule has 0 fully saturated rings. The molecule has 15 heavy (non-hydrogen) atoms. The van der Waals surface area contributed by atoms with E-state index in [1.807, 2.05) is 0 Å². The van der Waals surface area contributed by atoms with Gasteiger partial charge in [0.2, 0.25) is 0 Å². The summed E-state index contributed by atoms with van der Waals surface area (Å²) in [5, 5.41) is 0. The highest BCUT2D eigenvalue weighted by molar-refractivity contribution is 9.10. The Kier molecular flexibility index (Phi) is 3.45. The number of anilines is 2. The van der Waals surface area contributed by atoms with Gasteiger partial charge in [0.05, 0.1) is 16.4 Å². The lowest BCUT2D eigenvalue weighted by Crippen LogP contribution is -2.21. The molecule has 0 unspecified atom stereocenters. The summed E-state index contributed by atoms with van der Waals surface area (Å²) >= 11 is 2.93. The third-order valence-electron chi connectivity index (χ3n) is 1.34. The number of aromatic nitrogens is 1. The first-order valence-corrected chi connectivity index (χ1v) is 5.87. The van der Waals surface area contributed by atoms with Crippen molar-refractivity contribution in [2.45, 2.75) is 5.76 Å². The van der Waals surface area contributed by atoms with Crippen LogP contribution in [-0.2, 0) is 10.0 Å². The molecule has 1 aromatic heterocycles. The van der Waals surface area contributed by atoms with Gasteiger partial charge in [0, 0.05) is 0 Å². The van der Waals surface area contributed by atoms with Gasteiger partial charge in [-0.1, -0.05) is 0 Å². The van der Waals surface area contributed by atoms with Crippen LogP contribution < -0.4 is 10.5 Å². The van der Waals surface area contributed by atoms with Crippen LogP contribution in [0, 0.1) is 0 Å². The van der Waals surface area contributed by atoms with Gasteiger partial charge in [0.25, 0.3) is 10.0 Å². The van der Waals surface area contributed by atoms with Gasteiger partial charge in [0.1, 0.15) is 0 Å². The SMILES string of the molecule is Nc1cnc(NS(=O)(=O)C(F)F)c(Br)c1. The molecule has 0 aliphatic carbocycles. The molecule has 1 aromatic rings. The summed E-state index contributed by atoms with van der Waals surface area (Å²) in [5.74, 6) is -3.74. The van der Waals surface area contributed by atoms with Crippen molar-refractivity contribution in [1.82, 2.24) is 4.98 Å². The summed E-state index contributed by atoms with van der Waals surface area (Å²) in [5.41, 5.74) is 5.61. The second-order valence-corrected chi connectivity index (χ2v) is 5.01. The lowest BCUT2D eigenvalue weighted by atomic mass is 10.4. The Hall–Kier alpha value is -0.960. The number of rotatable bonds is 3. The fraction of sp³-hybridized carbons (Fsp3) is 0.167. The molecular formula is C6H6BrF2N3O2S. The fourth-order valence-corrected chi connectivity index (χ4v) is 1.83. The monoisotopic (exact) mass is 301 g/mol. The van der Waals surface area contributed by atoms with E-state index in [9.17, 15) is 17.2 Å². The van der Waals surface area contributed by atoms with Crippen LogP contribution >= 0.6 is 15.9 Å². The first-order chi connectivity index (χ1) is 6.83. The fourth-order valence-electron chi connectivity index (χ4n) is 0.707. The van der Waals surface area contributed by atoms with E-state index >= 15 is 0 Å². The van der Waals surface area contributed by atoms with E-state index in [-0.39, 0.29) is 16.0 Å². The Morgan fingerprint density at radius 3 is 2.60 bits per heavy atom. The van der Waals surface area contributed by atoms with Crippen molar-refractivity contribution in [2.24, 2.45) is 0 Å². The second-order valence-electron chi connectivity index (χ2n) is 2.51. The number of hydrogen-bond donors (Lipinski definition) is 2. The molecule has 0 bridgehead atoms. The Morgan fingerprint density at radius 1 is 1.53 bits per heavy atom. The van der Waals surface area contributed by atoms with Crippen LogP contribution in [0.15, 0.2) is 16.7 Å². The minimum atomic E-state index is -4.70. The smallest absolute Gasteiger partial charge is 0.355 e. The number of nitrogen functional groups attached to an aromatic ring is 1. The van der Waals surface area contributed by atoms with Crippen molar-refractivity contribution in [3.8, 4) is 0 Å². The van der Waals surface area contributed by atoms with Gasteiger partial charge < -0.3 is 5.73 Å². The number of pyridine rings is 1. The molecule has 0 radical (unpaired) electrons. The van der Waals surface area contributed by atoms with Crippen LogP contribution in [0.1, 0.15) is 0 Å². The van der Waals surface area contributed by atoms with Crippen molar-refractivity contribution >= 4 is 37.5 Å². The molecule has 0 saturated heterocycles. The minimum absolute atomic E-state index is 0.187. The second kappa shape index (κ2) is 4.27. The standard InChI is InChI=1S/C6H6BrF2N3O2S/c7-4-1-3(10)2-11-5(4)12-15(13,14)6(8)9/h1-2,6H,10H2,(H,11,12). The largest absolute Gasteiger partial charge is 0.397 e. The van der Waals surface area contributed by atoms with Crippen LogP contribution in [0.5, 0.6) is 0 Å². The summed E-state index contributed by atoms with van der Waals surface area (Å²) in [7, 11) is -4.70. The van der Waals surface area contributed by atoms with E-state index in [1.54, 1.807) is 4.72 Å². The minimum Gasteiger partial charge on any atom is -0.397 e. The van der Waals surface area contributed by atoms with Gasteiger partial charge in [-0.15, -0.1) is 0 Å². The molecule has 5 nitrogen and oxygen atoms in total. The van der Waals surface area contributed by atoms with E-state index in [0.29, 0.717) is 0 Å². The zero-order valence-corrected chi connectivity index (χ0v) is 9.52. The van der Waals surface area contributed by atoms with Gasteiger partial charge in [0.15, 0.2) is 5.82 Å². The highest BCUT2D eigenvalue weighted by atomic mass is 79.9. The van der Waals surface area contributed by atoms with Crippen LogP contribution in [0.2, 0.25) is 0 Å². The number of halogens is 3. The number of alkyl halides is 2. The average Bonchev–Trinajstić information content (AvgIpc) is 2.09. The zero-order valence-electron chi connectivity index (χ0n) is 7.12. The van der Waals surface area contributed by atoms with Crippen LogP contribution in [0.25, 0.3) is 0 Å². The van der Waals surface area contributed by atoms with Gasteiger partial charge in [-0.25, -0.2) is 13.4 Å². The Bertz CT molecular complexity index is 465. The van der Waals surface area contributed by atoms with Crippen LogP contribution in [0.4, 0.5) is 20.3 Å². The molecule has 0 aliphatic heterocycles. The molecule has 0 amide bonds. The quantitative estimate of drug-likeness (QED) is 0.883. The maximum absolute atomic E-state index is 12.0. The maximum atomic E-state index is 12.0. The Morgan fingerprint density at radius 2 is 2.13 bits per heavy atom. The maximum Gasteiger partial charge on any atom is 0.355 e. The molecule has 1 rings (SSSR count). The van der Waals surface area contributed by atoms with Crippen molar-refractivity contribution in [2.75, 3.05) is 10.5 Å². The molecule has 9 heteroatoms. The summed E-state index contributed by atoms with van der Waals surface area (Å²) in [6, 6.07) is 1.34. The Labute approximate surface area is 92.9 Å². The molecule has 0 spiro atoms. The average molecular weight is 302 g/mol. The summed E-state index contributed by atoms with van der Waals surface area (Å²) in [6.07, 6.45) is 1.15. The molecule has 0 saturated carbocycles. The van der Waals surface area contributed by atoms with E-state index in [4.69, 9.17) is 5.73 Å². The number of hydrogen-bond acceptors (Lipinski definition) is 4. The highest BCUT2D eigenvalue weighted by Gasteiger charge is 2.25. The number of nitrogens with one attached hydrogen (secondary N) is 1. The molecular weight excluding hydrogens is 296 g/mol. The normalized spacial score (nSPS) is 11.7. The van der Waals surface area contributed by atoms with E-state index in [2.05, 4.69) is 20.9 Å². The first kappa shape index (κ1) is 12.1. The molecule has 1 heterocycles. The third kappa shape index (κ3) is 2.99. The number of nitrogens with zero attached hydrogens (tertiary/aromatic N) is 1.